The maximum atomic E-state index is 14.5. The zero-order chi connectivity index (χ0) is 19.1. The van der Waals surface area contributed by atoms with E-state index in [-0.39, 0.29) is 22.4 Å². The summed E-state index contributed by atoms with van der Waals surface area (Å²) in [7, 11) is 0. The Balaban J connectivity index is 2.28. The molecule has 0 spiro atoms. The van der Waals surface area contributed by atoms with Crippen LogP contribution >= 0.6 is 11.6 Å². The summed E-state index contributed by atoms with van der Waals surface area (Å²) in [6.45, 7) is 9.95. The minimum atomic E-state index is -4.64. The smallest absolute Gasteiger partial charge is 0.377 e. The quantitative estimate of drug-likeness (QED) is 0.743. The van der Waals surface area contributed by atoms with Crippen molar-refractivity contribution in [2.75, 3.05) is 11.9 Å². The van der Waals surface area contributed by atoms with Gasteiger partial charge in [0.25, 0.3) is 0 Å². The number of hydrogen-bond acceptors (Lipinski definition) is 3. The molecular formula is C18H17ClF3N3O. The van der Waals surface area contributed by atoms with Crippen LogP contribution in [-0.2, 0) is 10.2 Å². The summed E-state index contributed by atoms with van der Waals surface area (Å²) in [5.74, 6) is -1.09. The molecule has 0 amide bonds. The first kappa shape index (κ1) is 18.7. The Hall–Kier alpha value is -2.04. The van der Waals surface area contributed by atoms with Crippen LogP contribution in [-0.4, -0.2) is 31.3 Å². The lowest BCUT2D eigenvalue weighted by Crippen LogP contribution is -2.59. The van der Waals surface area contributed by atoms with Crippen molar-refractivity contribution in [3.05, 3.63) is 46.3 Å². The van der Waals surface area contributed by atoms with E-state index in [1.807, 2.05) is 0 Å². The van der Waals surface area contributed by atoms with E-state index in [1.165, 1.54) is 30.5 Å². The molecule has 26 heavy (non-hydrogen) atoms. The molecule has 0 radical (unpaired) electrons. The van der Waals surface area contributed by atoms with Crippen LogP contribution in [0.5, 0.6) is 0 Å². The van der Waals surface area contributed by atoms with Crippen LogP contribution < -0.4 is 5.32 Å². The van der Waals surface area contributed by atoms with E-state index in [2.05, 4.69) is 15.2 Å². The average Bonchev–Trinajstić information content (AvgIpc) is 2.57. The Bertz CT molecular complexity index is 813. The van der Waals surface area contributed by atoms with E-state index in [9.17, 15) is 13.2 Å². The van der Waals surface area contributed by atoms with Gasteiger partial charge in [0.05, 0.1) is 24.3 Å². The number of hydrogen-bond donors (Lipinski definition) is 1. The number of dihydropyridines is 1. The van der Waals surface area contributed by atoms with Crippen molar-refractivity contribution < 1.29 is 17.9 Å². The molecule has 3 unspecified atom stereocenters. The highest BCUT2D eigenvalue weighted by Crippen LogP contribution is 2.55. The van der Waals surface area contributed by atoms with Crippen molar-refractivity contribution >= 4 is 29.2 Å². The van der Waals surface area contributed by atoms with Crippen molar-refractivity contribution in [2.45, 2.75) is 37.7 Å². The van der Waals surface area contributed by atoms with Gasteiger partial charge in [0.1, 0.15) is 11.6 Å². The summed E-state index contributed by atoms with van der Waals surface area (Å²) in [6, 6.07) is 4.26. The summed E-state index contributed by atoms with van der Waals surface area (Å²) in [5, 5.41) is 3.17. The lowest BCUT2D eigenvalue weighted by Gasteiger charge is -2.49. The lowest BCUT2D eigenvalue weighted by atomic mass is 9.65. The summed E-state index contributed by atoms with van der Waals surface area (Å²) in [6.07, 6.45) is -3.12. The average molecular weight is 384 g/mol. The van der Waals surface area contributed by atoms with Gasteiger partial charge in [-0.2, -0.15) is 13.2 Å². The fraction of sp³-hybridized carbons (Fsp3) is 0.444. The molecule has 3 rings (SSSR count). The molecule has 2 aliphatic heterocycles. The number of ether oxygens (including phenoxy) is 1. The molecule has 0 bridgehead atoms. The Morgan fingerprint density at radius 1 is 1.42 bits per heavy atom. The van der Waals surface area contributed by atoms with Crippen molar-refractivity contribution in [2.24, 2.45) is 10.9 Å². The van der Waals surface area contributed by atoms with Gasteiger partial charge in [-0.25, -0.2) is 4.85 Å². The highest BCUT2D eigenvalue weighted by atomic mass is 35.5. The number of anilines is 1. The molecule has 8 heteroatoms. The first-order chi connectivity index (χ1) is 12.2. The van der Waals surface area contributed by atoms with E-state index < -0.39 is 30.3 Å². The van der Waals surface area contributed by atoms with Crippen molar-refractivity contribution in [1.29, 1.82) is 0 Å². The monoisotopic (exact) mass is 383 g/mol. The first-order valence-corrected chi connectivity index (χ1v) is 8.44. The highest BCUT2D eigenvalue weighted by molar-refractivity contribution is 6.39. The van der Waals surface area contributed by atoms with Gasteiger partial charge in [-0.3, -0.25) is 4.99 Å². The van der Waals surface area contributed by atoms with Crippen LogP contribution in [0.1, 0.15) is 19.4 Å². The SMILES string of the molecule is [C-]#[N+]c1ccc2c(c1)C(COC(C)C)(C(F)(F)F)C1C=C(Cl)C=NC1N2. The molecule has 1 N–H and O–H groups in total. The molecular weight excluding hydrogens is 367 g/mol. The number of allylic oxidation sites excluding steroid dienone is 1. The van der Waals surface area contributed by atoms with Gasteiger partial charge in [0, 0.05) is 17.8 Å². The molecule has 0 saturated carbocycles. The van der Waals surface area contributed by atoms with Crippen LogP contribution in [0.15, 0.2) is 34.3 Å². The van der Waals surface area contributed by atoms with Gasteiger partial charge in [-0.15, -0.1) is 0 Å². The minimum absolute atomic E-state index is 0.0155. The molecule has 1 aromatic carbocycles. The summed E-state index contributed by atoms with van der Waals surface area (Å²) in [5.41, 5.74) is -1.94. The molecule has 2 heterocycles. The Kier molecular flexibility index (Phi) is 4.76. The van der Waals surface area contributed by atoms with Gasteiger partial charge in [0.2, 0.25) is 0 Å². The number of benzene rings is 1. The molecule has 0 aliphatic carbocycles. The molecule has 1 aromatic rings. The van der Waals surface area contributed by atoms with Crippen LogP contribution in [0.2, 0.25) is 0 Å². The Morgan fingerprint density at radius 3 is 2.77 bits per heavy atom. The second-order valence-corrected chi connectivity index (χ2v) is 7.05. The molecule has 138 valence electrons. The summed E-state index contributed by atoms with van der Waals surface area (Å²) < 4.78 is 49.1. The molecule has 2 aliphatic rings. The number of nitrogens with zero attached hydrogens (tertiary/aromatic N) is 2. The number of fused-ring (bicyclic) bond motifs is 2. The standard InChI is InChI=1S/C18H17ClF3N3O/c1-10(2)26-9-17(18(20,21)22)13-7-12(23-3)4-5-15(13)25-16-14(17)6-11(19)8-24-16/h4-8,10,14,16,25H,9H2,1-2H3. The number of rotatable bonds is 3. The second kappa shape index (κ2) is 6.60. The van der Waals surface area contributed by atoms with Gasteiger partial charge in [-0.1, -0.05) is 29.8 Å². The number of halogens is 4. The van der Waals surface area contributed by atoms with Crippen LogP contribution in [0.3, 0.4) is 0 Å². The molecule has 0 aromatic heterocycles. The van der Waals surface area contributed by atoms with Crippen molar-refractivity contribution in [1.82, 2.24) is 0 Å². The maximum Gasteiger partial charge on any atom is 0.401 e. The van der Waals surface area contributed by atoms with Crippen molar-refractivity contribution in [3.63, 3.8) is 0 Å². The number of aliphatic imine (C=N–C) groups is 1. The molecule has 3 atom stereocenters. The van der Waals surface area contributed by atoms with Crippen LogP contribution in [0, 0.1) is 12.5 Å². The van der Waals surface area contributed by atoms with Gasteiger partial charge < -0.3 is 10.1 Å². The van der Waals surface area contributed by atoms with E-state index in [4.69, 9.17) is 22.9 Å². The molecule has 4 nitrogen and oxygen atoms in total. The zero-order valence-corrected chi connectivity index (χ0v) is 14.9. The largest absolute Gasteiger partial charge is 0.401 e. The van der Waals surface area contributed by atoms with E-state index in [1.54, 1.807) is 13.8 Å². The fourth-order valence-electron chi connectivity index (χ4n) is 3.42. The van der Waals surface area contributed by atoms with E-state index in [0.717, 1.165) is 0 Å². The van der Waals surface area contributed by atoms with Gasteiger partial charge in [0.15, 0.2) is 5.69 Å². The normalized spacial score (nSPS) is 27.2. The maximum absolute atomic E-state index is 14.5. The minimum Gasteiger partial charge on any atom is -0.377 e. The summed E-state index contributed by atoms with van der Waals surface area (Å²) >= 11 is 5.99. The predicted octanol–water partition coefficient (Wildman–Crippen LogP) is 5.04. The van der Waals surface area contributed by atoms with Gasteiger partial charge in [-0.05, 0) is 25.5 Å². The third kappa shape index (κ3) is 2.97. The Morgan fingerprint density at radius 2 is 2.15 bits per heavy atom. The van der Waals surface area contributed by atoms with Crippen LogP contribution in [0.4, 0.5) is 24.5 Å². The highest BCUT2D eigenvalue weighted by Gasteiger charge is 2.64. The second-order valence-electron chi connectivity index (χ2n) is 6.62. The van der Waals surface area contributed by atoms with E-state index in [0.29, 0.717) is 5.69 Å². The van der Waals surface area contributed by atoms with E-state index >= 15 is 0 Å². The number of nitrogens with one attached hydrogen (secondary N) is 1. The number of alkyl halides is 3. The molecule has 0 saturated heterocycles. The predicted molar refractivity (Wildman–Crippen MR) is 94.9 cm³/mol. The third-order valence-corrected chi connectivity index (χ3v) is 4.90. The van der Waals surface area contributed by atoms with Crippen molar-refractivity contribution in [3.8, 4) is 0 Å². The lowest BCUT2D eigenvalue weighted by molar-refractivity contribution is -0.222. The zero-order valence-electron chi connectivity index (χ0n) is 14.1. The fourth-order valence-corrected chi connectivity index (χ4v) is 3.61. The first-order valence-electron chi connectivity index (χ1n) is 8.06. The molecule has 0 fully saturated rings. The topological polar surface area (TPSA) is 38.0 Å². The summed E-state index contributed by atoms with van der Waals surface area (Å²) in [4.78, 5) is 7.44. The van der Waals surface area contributed by atoms with Crippen LogP contribution in [0.25, 0.3) is 4.85 Å². The van der Waals surface area contributed by atoms with Gasteiger partial charge >= 0.3 is 6.18 Å². The Labute approximate surface area is 154 Å². The third-order valence-electron chi connectivity index (χ3n) is 4.67.